The van der Waals surface area contributed by atoms with Crippen LogP contribution >= 0.6 is 0 Å². The first-order chi connectivity index (χ1) is 10.5. The number of fused-ring (bicyclic) bond motifs is 1. The Morgan fingerprint density at radius 3 is 2.64 bits per heavy atom. The van der Waals surface area contributed by atoms with Crippen molar-refractivity contribution in [3.05, 3.63) is 35.9 Å². The number of Topliss-reactive ketones (excluding diaryl/α,β-unsaturated/α-hetero) is 1. The molecule has 0 spiro atoms. The van der Waals surface area contributed by atoms with Crippen molar-refractivity contribution in [2.24, 2.45) is 10.9 Å². The van der Waals surface area contributed by atoms with Crippen LogP contribution in [0.25, 0.3) is 0 Å². The van der Waals surface area contributed by atoms with E-state index in [0.29, 0.717) is 0 Å². The van der Waals surface area contributed by atoms with Crippen LogP contribution in [0.4, 0.5) is 13.2 Å². The zero-order chi connectivity index (χ0) is 15.5. The fraction of sp³-hybridized carbons (Fsp3) is 0.467. The van der Waals surface area contributed by atoms with Gasteiger partial charge in [-0.2, -0.15) is 5.01 Å². The molecule has 2 fully saturated rings. The molecule has 0 bridgehead atoms. The maximum atomic E-state index is 14.2. The van der Waals surface area contributed by atoms with E-state index >= 15 is 0 Å². The van der Waals surface area contributed by atoms with Crippen molar-refractivity contribution in [2.45, 2.75) is 37.1 Å². The number of carbonyl (C=O) groups excluding carboxylic acids is 1. The quantitative estimate of drug-likeness (QED) is 0.931. The summed E-state index contributed by atoms with van der Waals surface area (Å²) in [6.07, 6.45) is -2.25. The summed E-state index contributed by atoms with van der Waals surface area (Å²) in [5.41, 5.74) is 3.65. The number of halogens is 3. The summed E-state index contributed by atoms with van der Waals surface area (Å²) in [5, 5.41) is 1.56. The Labute approximate surface area is 125 Å². The second-order valence-electron chi connectivity index (χ2n) is 5.97. The van der Waals surface area contributed by atoms with Crippen LogP contribution in [0, 0.1) is 5.92 Å². The zero-order valence-electron chi connectivity index (χ0n) is 11.5. The van der Waals surface area contributed by atoms with Crippen LogP contribution < -0.4 is 5.43 Å². The third-order valence-corrected chi connectivity index (χ3v) is 4.45. The van der Waals surface area contributed by atoms with Gasteiger partial charge >= 0.3 is 0 Å². The number of hydrogen-bond acceptors (Lipinski definition) is 4. The molecule has 1 N–H and O–H groups in total. The van der Waals surface area contributed by atoms with Gasteiger partial charge in [-0.15, -0.1) is 0 Å². The minimum absolute atomic E-state index is 0.143. The van der Waals surface area contributed by atoms with E-state index in [1.807, 2.05) is 30.3 Å². The number of hydrazine groups is 1. The van der Waals surface area contributed by atoms with Crippen LogP contribution in [0.3, 0.4) is 0 Å². The molecule has 1 saturated carbocycles. The summed E-state index contributed by atoms with van der Waals surface area (Å²) < 4.78 is 40.2. The highest BCUT2D eigenvalue weighted by molar-refractivity contribution is 6.40. The van der Waals surface area contributed by atoms with E-state index in [4.69, 9.17) is 0 Å². The van der Waals surface area contributed by atoms with E-state index in [-0.39, 0.29) is 18.3 Å². The molecule has 0 aromatic heterocycles. The van der Waals surface area contributed by atoms with Crippen molar-refractivity contribution in [1.82, 2.24) is 10.4 Å². The normalized spacial score (nSPS) is 35.7. The SMILES string of the molecule is O=C(C1=NC2C(F)CC(c3ccccc3)N2N1)C1CC1(F)F. The van der Waals surface area contributed by atoms with E-state index in [9.17, 15) is 18.0 Å². The first-order valence-corrected chi connectivity index (χ1v) is 7.21. The van der Waals surface area contributed by atoms with Gasteiger partial charge in [0.25, 0.3) is 5.92 Å². The van der Waals surface area contributed by atoms with Crippen LogP contribution in [0.15, 0.2) is 35.3 Å². The third-order valence-electron chi connectivity index (χ3n) is 4.45. The highest BCUT2D eigenvalue weighted by Gasteiger charge is 2.63. The van der Waals surface area contributed by atoms with Crippen LogP contribution in [-0.4, -0.2) is 34.9 Å². The number of rotatable bonds is 3. The molecule has 4 atom stereocenters. The lowest BCUT2D eigenvalue weighted by Gasteiger charge is -2.23. The molecular weight excluding hydrogens is 295 g/mol. The standard InChI is InChI=1S/C15H14F3N3O/c16-10-6-11(8-4-2-1-3-5-8)21-14(10)19-13(20-21)12(22)9-7-15(9,17)18/h1-5,9-11,14H,6-7H2,(H,19,20). The van der Waals surface area contributed by atoms with Crippen molar-refractivity contribution < 1.29 is 18.0 Å². The third kappa shape index (κ3) is 2.03. The summed E-state index contributed by atoms with van der Waals surface area (Å²) in [4.78, 5) is 16.0. The number of hydrogen-bond donors (Lipinski definition) is 1. The molecule has 4 unspecified atom stereocenters. The summed E-state index contributed by atoms with van der Waals surface area (Å²) in [5.74, 6) is -5.12. The molecule has 1 aromatic carbocycles. The number of amidine groups is 1. The van der Waals surface area contributed by atoms with Gasteiger partial charge < -0.3 is 0 Å². The molecule has 22 heavy (non-hydrogen) atoms. The van der Waals surface area contributed by atoms with Gasteiger partial charge in [0.05, 0.1) is 12.0 Å². The van der Waals surface area contributed by atoms with Crippen molar-refractivity contribution in [3.8, 4) is 0 Å². The molecule has 2 aliphatic heterocycles. The Bertz CT molecular complexity index is 649. The van der Waals surface area contributed by atoms with Gasteiger partial charge in [-0.3, -0.25) is 10.2 Å². The number of carbonyl (C=O) groups is 1. The average molecular weight is 309 g/mol. The molecule has 1 aliphatic carbocycles. The fourth-order valence-corrected chi connectivity index (χ4v) is 3.13. The Kier molecular flexibility index (Phi) is 2.84. The summed E-state index contributed by atoms with van der Waals surface area (Å²) in [6, 6.07) is 9.04. The largest absolute Gasteiger partial charge is 0.298 e. The molecule has 4 rings (SSSR count). The first-order valence-electron chi connectivity index (χ1n) is 7.21. The second-order valence-corrected chi connectivity index (χ2v) is 5.97. The van der Waals surface area contributed by atoms with Gasteiger partial charge in [0.2, 0.25) is 5.78 Å². The van der Waals surface area contributed by atoms with E-state index < -0.39 is 36.4 Å². The second kappa shape index (κ2) is 4.55. The van der Waals surface area contributed by atoms with E-state index in [0.717, 1.165) is 5.56 Å². The Morgan fingerprint density at radius 1 is 1.32 bits per heavy atom. The molecule has 0 amide bonds. The number of aliphatic imine (C=N–C) groups is 1. The molecular formula is C15H14F3N3O. The summed E-state index contributed by atoms with van der Waals surface area (Å²) in [7, 11) is 0. The predicted octanol–water partition coefficient (Wildman–Crippen LogP) is 2.24. The molecule has 3 aliphatic rings. The lowest BCUT2D eigenvalue weighted by molar-refractivity contribution is -0.116. The van der Waals surface area contributed by atoms with Gasteiger partial charge in [-0.25, -0.2) is 18.2 Å². The fourth-order valence-electron chi connectivity index (χ4n) is 3.13. The molecule has 1 saturated heterocycles. The molecule has 7 heteroatoms. The van der Waals surface area contributed by atoms with Crippen molar-refractivity contribution in [3.63, 3.8) is 0 Å². The predicted molar refractivity (Wildman–Crippen MR) is 73.0 cm³/mol. The Hall–Kier alpha value is -1.89. The van der Waals surface area contributed by atoms with Crippen LogP contribution in [0.2, 0.25) is 0 Å². The number of nitrogens with one attached hydrogen (secondary N) is 1. The van der Waals surface area contributed by atoms with E-state index in [1.165, 1.54) is 0 Å². The number of benzene rings is 1. The van der Waals surface area contributed by atoms with Gasteiger partial charge in [0.1, 0.15) is 6.17 Å². The Morgan fingerprint density at radius 2 is 2.00 bits per heavy atom. The van der Waals surface area contributed by atoms with E-state index in [2.05, 4.69) is 10.4 Å². The maximum absolute atomic E-state index is 14.2. The summed E-state index contributed by atoms with van der Waals surface area (Å²) >= 11 is 0. The van der Waals surface area contributed by atoms with Crippen LogP contribution in [-0.2, 0) is 4.79 Å². The number of alkyl halides is 3. The molecule has 4 nitrogen and oxygen atoms in total. The highest BCUT2D eigenvalue weighted by Crippen LogP contribution is 2.49. The molecule has 2 heterocycles. The van der Waals surface area contributed by atoms with Crippen molar-refractivity contribution in [2.75, 3.05) is 0 Å². The summed E-state index contributed by atoms with van der Waals surface area (Å²) in [6.45, 7) is 0. The minimum atomic E-state index is -2.94. The van der Waals surface area contributed by atoms with Gasteiger partial charge in [0.15, 0.2) is 12.0 Å². The average Bonchev–Trinajstić information content (AvgIpc) is 2.87. The number of nitrogens with zero attached hydrogens (tertiary/aromatic N) is 2. The topological polar surface area (TPSA) is 44.7 Å². The molecule has 1 aromatic rings. The van der Waals surface area contributed by atoms with Gasteiger partial charge in [-0.05, 0) is 5.56 Å². The van der Waals surface area contributed by atoms with Crippen LogP contribution in [0.1, 0.15) is 24.4 Å². The minimum Gasteiger partial charge on any atom is -0.298 e. The van der Waals surface area contributed by atoms with Crippen molar-refractivity contribution in [1.29, 1.82) is 0 Å². The maximum Gasteiger partial charge on any atom is 0.259 e. The molecule has 116 valence electrons. The first kappa shape index (κ1) is 13.8. The monoisotopic (exact) mass is 309 g/mol. The van der Waals surface area contributed by atoms with Crippen molar-refractivity contribution >= 4 is 11.6 Å². The molecule has 0 radical (unpaired) electrons. The number of ketones is 1. The van der Waals surface area contributed by atoms with Gasteiger partial charge in [0, 0.05) is 12.8 Å². The van der Waals surface area contributed by atoms with Gasteiger partial charge in [-0.1, -0.05) is 30.3 Å². The van der Waals surface area contributed by atoms with E-state index in [1.54, 1.807) is 5.01 Å². The zero-order valence-corrected chi connectivity index (χ0v) is 11.5. The Balaban J connectivity index is 1.55. The smallest absolute Gasteiger partial charge is 0.259 e. The van der Waals surface area contributed by atoms with Crippen LogP contribution in [0.5, 0.6) is 0 Å². The highest BCUT2D eigenvalue weighted by atomic mass is 19.3. The lowest BCUT2D eigenvalue weighted by atomic mass is 10.0. The lowest BCUT2D eigenvalue weighted by Crippen LogP contribution is -2.42.